The summed E-state index contributed by atoms with van der Waals surface area (Å²) in [5.41, 5.74) is 5.99. The van der Waals surface area contributed by atoms with Crippen molar-refractivity contribution in [2.75, 3.05) is 11.5 Å². The summed E-state index contributed by atoms with van der Waals surface area (Å²) in [7, 11) is -0.699. The molecule has 110 valence electrons. The summed E-state index contributed by atoms with van der Waals surface area (Å²) in [5.74, 6) is 0.682. The van der Waals surface area contributed by atoms with Crippen molar-refractivity contribution in [2.24, 2.45) is 10.9 Å². The van der Waals surface area contributed by atoms with Crippen LogP contribution >= 0.6 is 0 Å². The lowest BCUT2D eigenvalue weighted by Crippen LogP contribution is -2.35. The first-order valence-corrected chi connectivity index (χ1v) is 7.94. The summed E-state index contributed by atoms with van der Waals surface area (Å²) >= 11 is 0. The van der Waals surface area contributed by atoms with Crippen molar-refractivity contribution in [3.63, 3.8) is 0 Å². The van der Waals surface area contributed by atoms with Crippen molar-refractivity contribution in [3.05, 3.63) is 35.1 Å². The number of halogens is 1. The Morgan fingerprint density at radius 2 is 2.20 bits per heavy atom. The Labute approximate surface area is 119 Å². The van der Waals surface area contributed by atoms with Gasteiger partial charge in [0, 0.05) is 40.5 Å². The van der Waals surface area contributed by atoms with Crippen molar-refractivity contribution in [1.29, 1.82) is 0 Å². The summed E-state index contributed by atoms with van der Waals surface area (Å²) in [4.78, 5) is 0. The summed E-state index contributed by atoms with van der Waals surface area (Å²) < 4.78 is 25.4. The maximum atomic E-state index is 14.2. The van der Waals surface area contributed by atoms with E-state index in [9.17, 15) is 8.60 Å². The van der Waals surface area contributed by atoms with E-state index in [0.717, 1.165) is 12.8 Å². The molecule has 4 N–H and O–H groups in total. The highest BCUT2D eigenvalue weighted by Crippen LogP contribution is 2.15. The molecule has 0 radical (unpaired) electrons. The topological polar surface area (TPSA) is 87.7 Å². The minimum atomic E-state index is -0.699. The number of oxime groups is 1. The Balaban J connectivity index is 2.01. The van der Waals surface area contributed by atoms with Crippen molar-refractivity contribution in [1.82, 2.24) is 5.32 Å². The normalized spacial score (nSPS) is 23.8. The van der Waals surface area contributed by atoms with Crippen LogP contribution in [0.3, 0.4) is 0 Å². The van der Waals surface area contributed by atoms with Crippen LogP contribution in [0.25, 0.3) is 0 Å². The van der Waals surface area contributed by atoms with Gasteiger partial charge in [-0.3, -0.25) is 4.21 Å². The molecule has 1 aromatic rings. The zero-order valence-electron chi connectivity index (χ0n) is 11.0. The fourth-order valence-corrected chi connectivity index (χ4v) is 3.52. The Morgan fingerprint density at radius 1 is 1.50 bits per heavy atom. The first-order valence-electron chi connectivity index (χ1n) is 6.45. The van der Waals surface area contributed by atoms with Crippen LogP contribution in [0.1, 0.15) is 24.0 Å². The third-order valence-corrected chi connectivity index (χ3v) is 4.81. The lowest BCUT2D eigenvalue weighted by Gasteiger charge is -2.22. The van der Waals surface area contributed by atoms with Gasteiger partial charge in [-0.15, -0.1) is 0 Å². The average molecular weight is 299 g/mol. The van der Waals surface area contributed by atoms with Gasteiger partial charge in [-0.2, -0.15) is 0 Å². The van der Waals surface area contributed by atoms with Crippen LogP contribution in [0.4, 0.5) is 4.39 Å². The van der Waals surface area contributed by atoms with Gasteiger partial charge in [0.2, 0.25) is 0 Å². The number of benzene rings is 1. The van der Waals surface area contributed by atoms with E-state index in [0.29, 0.717) is 23.6 Å². The van der Waals surface area contributed by atoms with Gasteiger partial charge >= 0.3 is 0 Å². The van der Waals surface area contributed by atoms with Crippen molar-refractivity contribution >= 4 is 16.6 Å². The third-order valence-electron chi connectivity index (χ3n) is 3.43. The maximum absolute atomic E-state index is 14.2. The van der Waals surface area contributed by atoms with Crippen LogP contribution in [0.15, 0.2) is 23.4 Å². The van der Waals surface area contributed by atoms with Gasteiger partial charge in [-0.25, -0.2) is 4.39 Å². The monoisotopic (exact) mass is 299 g/mol. The number of nitrogens with zero attached hydrogens (tertiary/aromatic N) is 1. The minimum Gasteiger partial charge on any atom is -0.409 e. The molecule has 0 atom stereocenters. The molecule has 1 aliphatic rings. The van der Waals surface area contributed by atoms with Crippen LogP contribution < -0.4 is 11.1 Å². The molecule has 1 aliphatic heterocycles. The summed E-state index contributed by atoms with van der Waals surface area (Å²) in [6, 6.07) is 5.07. The molecule has 1 fully saturated rings. The first-order chi connectivity index (χ1) is 9.61. The zero-order chi connectivity index (χ0) is 14.5. The predicted molar refractivity (Wildman–Crippen MR) is 76.6 cm³/mol. The van der Waals surface area contributed by atoms with Crippen molar-refractivity contribution < 1.29 is 13.8 Å². The Bertz CT molecular complexity index is 526. The van der Waals surface area contributed by atoms with Gasteiger partial charge in [0.15, 0.2) is 5.84 Å². The van der Waals surface area contributed by atoms with Gasteiger partial charge < -0.3 is 16.3 Å². The van der Waals surface area contributed by atoms with Crippen molar-refractivity contribution in [2.45, 2.75) is 25.4 Å². The number of amidine groups is 1. The lowest BCUT2D eigenvalue weighted by molar-refractivity contribution is 0.318. The summed E-state index contributed by atoms with van der Waals surface area (Å²) in [5, 5.41) is 14.7. The average Bonchev–Trinajstić information content (AvgIpc) is 2.47. The highest BCUT2D eigenvalue weighted by molar-refractivity contribution is 7.85. The molecule has 2 rings (SSSR count). The predicted octanol–water partition coefficient (Wildman–Crippen LogP) is 0.921. The lowest BCUT2D eigenvalue weighted by atomic mass is 10.1. The molecule has 1 saturated heterocycles. The van der Waals surface area contributed by atoms with E-state index in [1.165, 1.54) is 6.07 Å². The molecule has 0 aliphatic carbocycles. The molecular formula is C13H18FN3O2S. The number of hydrogen-bond donors (Lipinski definition) is 3. The highest BCUT2D eigenvalue weighted by atomic mass is 32.2. The largest absolute Gasteiger partial charge is 0.409 e. The summed E-state index contributed by atoms with van der Waals surface area (Å²) in [6.45, 7) is 0.371. The standard InChI is InChI=1S/C13H18FN3O2S/c14-12-9(2-1-3-11(12)13(15)17-18)8-16-10-4-6-20(19)7-5-10/h1-3,10,16,18H,4-8H2,(H2,15,17). The Kier molecular flexibility index (Phi) is 5.08. The van der Waals surface area contributed by atoms with E-state index in [1.807, 2.05) is 0 Å². The van der Waals surface area contributed by atoms with Crippen molar-refractivity contribution in [3.8, 4) is 0 Å². The van der Waals surface area contributed by atoms with E-state index in [2.05, 4.69) is 10.5 Å². The molecule has 0 unspecified atom stereocenters. The number of hydrogen-bond acceptors (Lipinski definition) is 4. The Hall–Kier alpha value is -1.47. The molecule has 20 heavy (non-hydrogen) atoms. The molecular weight excluding hydrogens is 281 g/mol. The van der Waals surface area contributed by atoms with E-state index < -0.39 is 16.6 Å². The number of nitrogens with one attached hydrogen (secondary N) is 1. The molecule has 0 saturated carbocycles. The molecule has 1 aromatic carbocycles. The van der Waals surface area contributed by atoms with Crippen LogP contribution in [0.2, 0.25) is 0 Å². The fraction of sp³-hybridized carbons (Fsp3) is 0.462. The molecule has 7 heteroatoms. The fourth-order valence-electron chi connectivity index (χ4n) is 2.22. The van der Waals surface area contributed by atoms with Gasteiger partial charge in [-0.1, -0.05) is 17.3 Å². The van der Waals surface area contributed by atoms with Gasteiger partial charge in [0.25, 0.3) is 0 Å². The maximum Gasteiger partial charge on any atom is 0.173 e. The molecule has 0 spiro atoms. The highest BCUT2D eigenvalue weighted by Gasteiger charge is 2.18. The van der Waals surface area contributed by atoms with Gasteiger partial charge in [0.05, 0.1) is 5.56 Å². The Morgan fingerprint density at radius 3 is 2.85 bits per heavy atom. The molecule has 0 amide bonds. The van der Waals surface area contributed by atoms with E-state index in [1.54, 1.807) is 12.1 Å². The van der Waals surface area contributed by atoms with Crippen LogP contribution in [-0.2, 0) is 17.3 Å². The number of rotatable bonds is 4. The molecule has 5 nitrogen and oxygen atoms in total. The quantitative estimate of drug-likeness (QED) is 0.334. The molecule has 1 heterocycles. The van der Waals surface area contributed by atoms with Gasteiger partial charge in [0.1, 0.15) is 5.82 Å². The number of nitrogens with two attached hydrogens (primary N) is 1. The van der Waals surface area contributed by atoms with E-state index >= 15 is 0 Å². The van der Waals surface area contributed by atoms with E-state index in [4.69, 9.17) is 10.9 Å². The second kappa shape index (κ2) is 6.81. The van der Waals surface area contributed by atoms with Crippen LogP contribution in [0, 0.1) is 5.82 Å². The molecule has 0 bridgehead atoms. The smallest absolute Gasteiger partial charge is 0.173 e. The first kappa shape index (κ1) is 14.9. The molecule has 0 aromatic heterocycles. The SMILES string of the molecule is N/C(=N/O)c1cccc(CNC2CCS(=O)CC2)c1F. The van der Waals surface area contributed by atoms with E-state index in [-0.39, 0.29) is 17.4 Å². The van der Waals surface area contributed by atoms with Crippen LogP contribution in [0.5, 0.6) is 0 Å². The zero-order valence-corrected chi connectivity index (χ0v) is 11.8. The minimum absolute atomic E-state index is 0.0940. The summed E-state index contributed by atoms with van der Waals surface area (Å²) in [6.07, 6.45) is 1.68. The third kappa shape index (κ3) is 3.55. The second-order valence-corrected chi connectivity index (χ2v) is 6.46. The van der Waals surface area contributed by atoms with Gasteiger partial charge in [-0.05, 0) is 18.9 Å². The van der Waals surface area contributed by atoms with Crippen LogP contribution in [-0.4, -0.2) is 32.8 Å². The second-order valence-electron chi connectivity index (χ2n) is 4.77.